The summed E-state index contributed by atoms with van der Waals surface area (Å²) in [5, 5.41) is 11.9. The van der Waals surface area contributed by atoms with E-state index in [1.165, 1.54) is 6.42 Å². The summed E-state index contributed by atoms with van der Waals surface area (Å²) in [6.07, 6.45) is -1.29. The normalized spacial score (nSPS) is 21.8. The molecule has 0 spiro atoms. The van der Waals surface area contributed by atoms with Gasteiger partial charge in [-0.1, -0.05) is 6.42 Å². The van der Waals surface area contributed by atoms with Crippen molar-refractivity contribution >= 4 is 5.96 Å². The Balaban J connectivity index is 2.35. The van der Waals surface area contributed by atoms with E-state index in [4.69, 9.17) is 10.8 Å². The van der Waals surface area contributed by atoms with Crippen LogP contribution in [-0.4, -0.2) is 35.9 Å². The molecule has 0 saturated heterocycles. The lowest BCUT2D eigenvalue weighted by atomic mass is 9.85. The van der Waals surface area contributed by atoms with Crippen molar-refractivity contribution in [3.8, 4) is 0 Å². The van der Waals surface area contributed by atoms with Crippen molar-refractivity contribution in [1.29, 1.82) is 0 Å². The van der Waals surface area contributed by atoms with Crippen molar-refractivity contribution in [3.05, 3.63) is 0 Å². The molecule has 1 saturated carbocycles. The van der Waals surface area contributed by atoms with Gasteiger partial charge in [0.2, 0.25) is 0 Å². The molecule has 1 aliphatic rings. The zero-order valence-corrected chi connectivity index (χ0v) is 9.72. The number of halogens is 3. The molecule has 0 bridgehead atoms. The van der Waals surface area contributed by atoms with Gasteiger partial charge in [-0.25, -0.2) is 0 Å². The Morgan fingerprint density at radius 1 is 1.47 bits per heavy atom. The lowest BCUT2D eigenvalue weighted by Gasteiger charge is -2.26. The van der Waals surface area contributed by atoms with Gasteiger partial charge in [-0.05, 0) is 25.7 Å². The van der Waals surface area contributed by atoms with Gasteiger partial charge in [-0.3, -0.25) is 4.99 Å². The average molecular weight is 253 g/mol. The van der Waals surface area contributed by atoms with Crippen molar-refractivity contribution in [1.82, 2.24) is 5.32 Å². The van der Waals surface area contributed by atoms with Crippen LogP contribution < -0.4 is 11.1 Å². The highest BCUT2D eigenvalue weighted by molar-refractivity contribution is 5.77. The molecule has 1 atom stereocenters. The number of hydrogen-bond donors (Lipinski definition) is 3. The van der Waals surface area contributed by atoms with Crippen LogP contribution in [0.3, 0.4) is 0 Å². The molecule has 0 aromatic rings. The third-order valence-corrected chi connectivity index (χ3v) is 2.96. The summed E-state index contributed by atoms with van der Waals surface area (Å²) in [5.74, 6) is 0.480. The third-order valence-electron chi connectivity index (χ3n) is 2.96. The summed E-state index contributed by atoms with van der Waals surface area (Å²) in [5.41, 5.74) is 2.57. The molecule has 0 aliphatic heterocycles. The SMILES string of the molecule is CC(O)(CN=C(N)NCC1CCC1)C(F)(F)F. The topological polar surface area (TPSA) is 70.6 Å². The minimum absolute atomic E-state index is 0.0542. The second kappa shape index (κ2) is 5.12. The van der Waals surface area contributed by atoms with E-state index >= 15 is 0 Å². The molecule has 0 aromatic carbocycles. The summed E-state index contributed by atoms with van der Waals surface area (Å²) in [4.78, 5) is 3.51. The Hall–Kier alpha value is -0.980. The van der Waals surface area contributed by atoms with Gasteiger partial charge < -0.3 is 16.2 Å². The first-order valence-corrected chi connectivity index (χ1v) is 5.55. The van der Waals surface area contributed by atoms with Gasteiger partial charge in [0.25, 0.3) is 0 Å². The van der Waals surface area contributed by atoms with Gasteiger partial charge in [0.05, 0.1) is 6.54 Å². The van der Waals surface area contributed by atoms with Crippen molar-refractivity contribution < 1.29 is 18.3 Å². The smallest absolute Gasteiger partial charge is 0.379 e. The zero-order chi connectivity index (χ0) is 13.1. The van der Waals surface area contributed by atoms with Crippen molar-refractivity contribution in [2.45, 2.75) is 38.0 Å². The monoisotopic (exact) mass is 253 g/mol. The van der Waals surface area contributed by atoms with Gasteiger partial charge in [-0.15, -0.1) is 0 Å². The maximum atomic E-state index is 12.3. The number of aliphatic hydroxyl groups is 1. The molecule has 0 radical (unpaired) electrons. The third kappa shape index (κ3) is 4.07. The predicted octanol–water partition coefficient (Wildman–Crippen LogP) is 1.00. The molecule has 100 valence electrons. The van der Waals surface area contributed by atoms with Crippen LogP contribution in [0.2, 0.25) is 0 Å². The van der Waals surface area contributed by atoms with E-state index in [2.05, 4.69) is 10.3 Å². The fourth-order valence-corrected chi connectivity index (χ4v) is 1.33. The number of alkyl halides is 3. The molecular weight excluding hydrogens is 235 g/mol. The standard InChI is InChI=1S/C10H18F3N3O/c1-9(17,10(11,12)13)6-16-8(14)15-5-7-3-2-4-7/h7,17H,2-6H2,1H3,(H3,14,15,16). The number of hydrogen-bond acceptors (Lipinski definition) is 2. The van der Waals surface area contributed by atoms with Crippen molar-refractivity contribution in [2.24, 2.45) is 16.6 Å². The molecule has 1 unspecified atom stereocenters. The highest BCUT2D eigenvalue weighted by atomic mass is 19.4. The van der Waals surface area contributed by atoms with Gasteiger partial charge in [0.15, 0.2) is 11.6 Å². The molecule has 1 fully saturated rings. The number of nitrogens with two attached hydrogens (primary N) is 1. The van der Waals surface area contributed by atoms with Gasteiger partial charge in [0, 0.05) is 6.54 Å². The Labute approximate surface area is 98.1 Å². The van der Waals surface area contributed by atoms with E-state index in [0.717, 1.165) is 12.8 Å². The van der Waals surface area contributed by atoms with E-state index in [9.17, 15) is 13.2 Å². The quantitative estimate of drug-likeness (QED) is 0.517. The minimum atomic E-state index is -4.70. The first kappa shape index (κ1) is 14.1. The molecule has 0 aromatic heterocycles. The second-order valence-corrected chi connectivity index (χ2v) is 4.65. The molecule has 4 nitrogen and oxygen atoms in total. The maximum absolute atomic E-state index is 12.3. The molecule has 1 rings (SSSR count). The van der Waals surface area contributed by atoms with E-state index in [1.54, 1.807) is 0 Å². The molecule has 4 N–H and O–H groups in total. The lowest BCUT2D eigenvalue weighted by molar-refractivity contribution is -0.248. The molecule has 7 heteroatoms. The summed E-state index contributed by atoms with van der Waals surface area (Å²) in [6.45, 7) is 0.513. The highest BCUT2D eigenvalue weighted by Gasteiger charge is 2.49. The second-order valence-electron chi connectivity index (χ2n) is 4.65. The van der Waals surface area contributed by atoms with Crippen LogP contribution in [0.1, 0.15) is 26.2 Å². The Morgan fingerprint density at radius 2 is 2.06 bits per heavy atom. The van der Waals surface area contributed by atoms with Gasteiger partial charge in [-0.2, -0.15) is 13.2 Å². The molecule has 0 heterocycles. The fourth-order valence-electron chi connectivity index (χ4n) is 1.33. The van der Waals surface area contributed by atoms with E-state index in [1.807, 2.05) is 0 Å². The first-order valence-electron chi connectivity index (χ1n) is 5.55. The predicted molar refractivity (Wildman–Crippen MR) is 58.5 cm³/mol. The van der Waals surface area contributed by atoms with Crippen LogP contribution in [0.4, 0.5) is 13.2 Å². The lowest BCUT2D eigenvalue weighted by Crippen LogP contribution is -2.46. The molecule has 17 heavy (non-hydrogen) atoms. The van der Waals surface area contributed by atoms with Crippen LogP contribution in [0.5, 0.6) is 0 Å². The van der Waals surface area contributed by atoms with Crippen molar-refractivity contribution in [3.63, 3.8) is 0 Å². The van der Waals surface area contributed by atoms with Crippen LogP contribution in [0, 0.1) is 5.92 Å². The van der Waals surface area contributed by atoms with E-state index < -0.39 is 18.3 Å². The number of aliphatic imine (C=N–C) groups is 1. The van der Waals surface area contributed by atoms with Crippen molar-refractivity contribution in [2.75, 3.05) is 13.1 Å². The average Bonchev–Trinajstić information content (AvgIpc) is 2.10. The number of guanidine groups is 1. The number of nitrogens with one attached hydrogen (secondary N) is 1. The zero-order valence-electron chi connectivity index (χ0n) is 9.72. The van der Waals surface area contributed by atoms with Gasteiger partial charge in [0.1, 0.15) is 0 Å². The highest BCUT2D eigenvalue weighted by Crippen LogP contribution is 2.30. The van der Waals surface area contributed by atoms with Crippen LogP contribution in [0.25, 0.3) is 0 Å². The number of nitrogens with zero attached hydrogens (tertiary/aromatic N) is 1. The Morgan fingerprint density at radius 3 is 2.47 bits per heavy atom. The largest absolute Gasteiger partial charge is 0.418 e. The summed E-state index contributed by atoms with van der Waals surface area (Å²) >= 11 is 0. The fraction of sp³-hybridized carbons (Fsp3) is 0.900. The minimum Gasteiger partial charge on any atom is -0.379 e. The summed E-state index contributed by atoms with van der Waals surface area (Å²) in [6, 6.07) is 0. The van der Waals surface area contributed by atoms with Gasteiger partial charge >= 0.3 is 6.18 Å². The molecular formula is C10H18F3N3O. The maximum Gasteiger partial charge on any atom is 0.418 e. The van der Waals surface area contributed by atoms with Crippen LogP contribution in [0.15, 0.2) is 4.99 Å². The first-order chi connectivity index (χ1) is 7.72. The summed E-state index contributed by atoms with van der Waals surface area (Å²) in [7, 11) is 0. The van der Waals surface area contributed by atoms with Crippen LogP contribution in [-0.2, 0) is 0 Å². The number of rotatable bonds is 4. The van der Waals surface area contributed by atoms with Crippen LogP contribution >= 0.6 is 0 Å². The van der Waals surface area contributed by atoms with E-state index in [0.29, 0.717) is 19.4 Å². The molecule has 1 aliphatic carbocycles. The Bertz CT molecular complexity index is 285. The van der Waals surface area contributed by atoms with E-state index in [-0.39, 0.29) is 5.96 Å². The summed E-state index contributed by atoms with van der Waals surface area (Å²) < 4.78 is 36.8. The Kier molecular flexibility index (Phi) is 4.24. The molecule has 0 amide bonds.